The van der Waals surface area contributed by atoms with Crippen molar-refractivity contribution >= 4 is 23.4 Å². The van der Waals surface area contributed by atoms with Crippen LogP contribution in [0.2, 0.25) is 0 Å². The number of aryl methyl sites for hydroxylation is 1. The van der Waals surface area contributed by atoms with E-state index in [1.807, 2.05) is 47.4 Å². The zero-order chi connectivity index (χ0) is 24.2. The number of rotatable bonds is 8. The first-order chi connectivity index (χ1) is 17.2. The number of benzene rings is 2. The Hall–Kier alpha value is -3.04. The minimum Gasteiger partial charge on any atom is -0.497 e. The molecule has 1 atom stereocenters. The Bertz CT molecular complexity index is 1170. The summed E-state index contributed by atoms with van der Waals surface area (Å²) in [4.78, 5) is 15.2. The lowest BCUT2D eigenvalue weighted by atomic mass is 10.0. The van der Waals surface area contributed by atoms with Crippen LogP contribution in [0.25, 0.3) is 11.4 Å². The predicted octanol–water partition coefficient (Wildman–Crippen LogP) is 4.21. The number of ether oxygens (including phenoxy) is 3. The summed E-state index contributed by atoms with van der Waals surface area (Å²) in [6, 6.07) is 13.7. The topological polar surface area (TPSA) is 78.7 Å². The second kappa shape index (κ2) is 10.7. The van der Waals surface area contributed by atoms with Gasteiger partial charge < -0.3 is 19.1 Å². The van der Waals surface area contributed by atoms with Crippen LogP contribution in [0.4, 0.5) is 5.69 Å². The molecule has 0 aliphatic carbocycles. The number of carbonyl (C=O) groups is 1. The van der Waals surface area contributed by atoms with Gasteiger partial charge in [0.15, 0.2) is 11.0 Å². The molecule has 0 N–H and O–H groups in total. The zero-order valence-electron chi connectivity index (χ0n) is 20.1. The second-order valence-electron chi connectivity index (χ2n) is 8.71. The average molecular weight is 495 g/mol. The molecular weight excluding hydrogens is 464 g/mol. The highest BCUT2D eigenvalue weighted by Gasteiger charge is 2.26. The van der Waals surface area contributed by atoms with E-state index in [0.29, 0.717) is 6.54 Å². The first-order valence-corrected chi connectivity index (χ1v) is 12.9. The quantitative estimate of drug-likeness (QED) is 0.434. The number of nitrogens with zero attached hydrogens (tertiary/aromatic N) is 4. The molecule has 8 nitrogen and oxygen atoms in total. The number of carbonyl (C=O) groups excluding carboxylic acids is 1. The monoisotopic (exact) mass is 494 g/mol. The smallest absolute Gasteiger partial charge is 0.237 e. The second-order valence-corrected chi connectivity index (χ2v) is 9.66. The van der Waals surface area contributed by atoms with E-state index in [4.69, 9.17) is 14.2 Å². The molecule has 3 heterocycles. The third-order valence-electron chi connectivity index (χ3n) is 6.51. The lowest BCUT2D eigenvalue weighted by molar-refractivity contribution is -0.116. The van der Waals surface area contributed by atoms with Gasteiger partial charge in [0.05, 0.1) is 32.6 Å². The highest BCUT2D eigenvalue weighted by molar-refractivity contribution is 7.99. The fraction of sp³-hybridized carbons (Fsp3) is 0.423. The van der Waals surface area contributed by atoms with Gasteiger partial charge in [0.2, 0.25) is 5.91 Å². The van der Waals surface area contributed by atoms with Gasteiger partial charge in [0.1, 0.15) is 11.5 Å². The number of methoxy groups -OCH3 is 2. The van der Waals surface area contributed by atoms with Gasteiger partial charge in [-0.25, -0.2) is 0 Å². The van der Waals surface area contributed by atoms with Gasteiger partial charge in [0, 0.05) is 24.4 Å². The van der Waals surface area contributed by atoms with Gasteiger partial charge in [-0.1, -0.05) is 11.8 Å². The highest BCUT2D eigenvalue weighted by atomic mass is 32.2. The van der Waals surface area contributed by atoms with Crippen molar-refractivity contribution in [2.24, 2.45) is 0 Å². The Balaban J connectivity index is 1.35. The number of thioether (sulfide) groups is 1. The van der Waals surface area contributed by atoms with Crippen molar-refractivity contribution in [3.63, 3.8) is 0 Å². The van der Waals surface area contributed by atoms with Crippen LogP contribution in [0.15, 0.2) is 47.6 Å². The fourth-order valence-electron chi connectivity index (χ4n) is 4.67. The summed E-state index contributed by atoms with van der Waals surface area (Å²) in [5, 5.41) is 9.68. The van der Waals surface area contributed by atoms with Crippen molar-refractivity contribution in [2.75, 3.05) is 38.0 Å². The maximum Gasteiger partial charge on any atom is 0.237 e. The number of amides is 1. The molecule has 1 amide bonds. The molecule has 1 fully saturated rings. The summed E-state index contributed by atoms with van der Waals surface area (Å²) < 4.78 is 18.6. The molecule has 2 aliphatic heterocycles. The van der Waals surface area contributed by atoms with Gasteiger partial charge >= 0.3 is 0 Å². The van der Waals surface area contributed by atoms with E-state index >= 15 is 0 Å². The predicted molar refractivity (Wildman–Crippen MR) is 135 cm³/mol. The molecule has 0 spiro atoms. The summed E-state index contributed by atoms with van der Waals surface area (Å²) in [7, 11) is 3.31. The number of anilines is 1. The Kier molecular flexibility index (Phi) is 7.24. The molecule has 1 unspecified atom stereocenters. The molecule has 35 heavy (non-hydrogen) atoms. The average Bonchev–Trinajstić information content (AvgIpc) is 3.57. The van der Waals surface area contributed by atoms with Crippen LogP contribution in [0.1, 0.15) is 24.8 Å². The van der Waals surface area contributed by atoms with E-state index in [0.717, 1.165) is 78.1 Å². The molecule has 0 radical (unpaired) electrons. The van der Waals surface area contributed by atoms with Crippen LogP contribution in [-0.4, -0.2) is 59.9 Å². The summed E-state index contributed by atoms with van der Waals surface area (Å²) in [5.41, 5.74) is 3.08. The molecule has 0 saturated carbocycles. The normalized spacial score (nSPS) is 17.3. The Morgan fingerprint density at radius 1 is 1.09 bits per heavy atom. The van der Waals surface area contributed by atoms with Crippen LogP contribution in [0.5, 0.6) is 11.5 Å². The van der Waals surface area contributed by atoms with Gasteiger partial charge in [0.25, 0.3) is 0 Å². The zero-order valence-corrected chi connectivity index (χ0v) is 20.9. The van der Waals surface area contributed by atoms with Crippen LogP contribution < -0.4 is 14.4 Å². The lowest BCUT2D eigenvalue weighted by Crippen LogP contribution is -2.36. The van der Waals surface area contributed by atoms with Gasteiger partial charge in [-0.3, -0.25) is 9.36 Å². The van der Waals surface area contributed by atoms with Crippen molar-refractivity contribution in [3.05, 3.63) is 48.0 Å². The summed E-state index contributed by atoms with van der Waals surface area (Å²) in [6.45, 7) is 2.17. The largest absolute Gasteiger partial charge is 0.497 e. The molecular formula is C26H30N4O4S. The first-order valence-electron chi connectivity index (χ1n) is 12.0. The van der Waals surface area contributed by atoms with Gasteiger partial charge in [-0.15, -0.1) is 10.2 Å². The lowest BCUT2D eigenvalue weighted by Gasteiger charge is -2.29. The Morgan fingerprint density at radius 2 is 1.89 bits per heavy atom. The summed E-state index contributed by atoms with van der Waals surface area (Å²) in [6.07, 6.45) is 4.09. The minimum absolute atomic E-state index is 0.0683. The van der Waals surface area contributed by atoms with Crippen LogP contribution in [0, 0.1) is 0 Å². The third kappa shape index (κ3) is 5.16. The van der Waals surface area contributed by atoms with Crippen molar-refractivity contribution in [3.8, 4) is 22.9 Å². The number of fused-ring (bicyclic) bond motifs is 1. The van der Waals surface area contributed by atoms with Crippen LogP contribution >= 0.6 is 11.8 Å². The molecule has 184 valence electrons. The third-order valence-corrected chi connectivity index (χ3v) is 7.46. The van der Waals surface area contributed by atoms with Gasteiger partial charge in [-0.2, -0.15) is 0 Å². The maximum absolute atomic E-state index is 13.3. The molecule has 1 saturated heterocycles. The summed E-state index contributed by atoms with van der Waals surface area (Å²) >= 11 is 1.43. The van der Waals surface area contributed by atoms with E-state index in [1.54, 1.807) is 14.2 Å². The van der Waals surface area contributed by atoms with Crippen molar-refractivity contribution in [2.45, 2.75) is 43.5 Å². The molecule has 2 aliphatic rings. The number of hydrogen-bond donors (Lipinski definition) is 0. The SMILES string of the molecule is COc1ccc(-c2nnc(SCC(=O)N3CCCc4cc(OC)ccc43)n2CC2CCCO2)cc1. The van der Waals surface area contributed by atoms with Crippen LogP contribution in [0.3, 0.4) is 0 Å². The van der Waals surface area contributed by atoms with Crippen molar-refractivity contribution in [1.29, 1.82) is 0 Å². The van der Waals surface area contributed by atoms with E-state index in [1.165, 1.54) is 11.8 Å². The van der Waals surface area contributed by atoms with E-state index < -0.39 is 0 Å². The molecule has 1 aromatic heterocycles. The molecule has 0 bridgehead atoms. The number of hydrogen-bond acceptors (Lipinski definition) is 7. The fourth-order valence-corrected chi connectivity index (χ4v) is 5.49. The van der Waals surface area contributed by atoms with Gasteiger partial charge in [-0.05, 0) is 73.7 Å². The molecule has 5 rings (SSSR count). The van der Waals surface area contributed by atoms with E-state index in [9.17, 15) is 4.79 Å². The molecule has 9 heteroatoms. The number of aromatic nitrogens is 3. The molecule has 2 aromatic carbocycles. The molecule has 3 aromatic rings. The minimum atomic E-state index is 0.0683. The van der Waals surface area contributed by atoms with Crippen molar-refractivity contribution < 1.29 is 19.0 Å². The van der Waals surface area contributed by atoms with Crippen LogP contribution in [-0.2, 0) is 22.5 Å². The standard InChI is InChI=1S/C26H30N4O4S/c1-32-20-9-7-18(8-10-20)25-27-28-26(30(25)16-22-6-4-14-34-22)35-17-24(31)29-13-3-5-19-15-21(33-2)11-12-23(19)29/h7-12,15,22H,3-6,13-14,16-17H2,1-2H3. The van der Waals surface area contributed by atoms with Crippen molar-refractivity contribution in [1.82, 2.24) is 14.8 Å². The first kappa shape index (κ1) is 23.7. The van der Waals surface area contributed by atoms with E-state index in [-0.39, 0.29) is 17.8 Å². The Morgan fingerprint density at radius 3 is 2.63 bits per heavy atom. The summed E-state index contributed by atoms with van der Waals surface area (Å²) in [5.74, 6) is 2.74. The Labute approximate surface area is 209 Å². The maximum atomic E-state index is 13.3. The highest BCUT2D eigenvalue weighted by Crippen LogP contribution is 2.32. The van der Waals surface area contributed by atoms with E-state index in [2.05, 4.69) is 14.8 Å².